The third kappa shape index (κ3) is 8.80. The maximum atomic E-state index is 13.8. The maximum absolute atomic E-state index is 13.8. The Morgan fingerprint density at radius 3 is 2.05 bits per heavy atom. The normalized spacial score (nSPS) is 12.2. The number of amides is 2. The Kier molecular flexibility index (Phi) is 11.4. The summed E-state index contributed by atoms with van der Waals surface area (Å²) in [7, 11) is -2.63. The highest BCUT2D eigenvalue weighted by atomic mass is 35.5. The van der Waals surface area contributed by atoms with Gasteiger partial charge < -0.3 is 10.2 Å². The van der Waals surface area contributed by atoms with Crippen molar-refractivity contribution < 1.29 is 18.0 Å². The van der Waals surface area contributed by atoms with E-state index in [1.807, 2.05) is 37.3 Å². The molecule has 1 atom stereocenters. The lowest BCUT2D eigenvalue weighted by Gasteiger charge is -2.32. The van der Waals surface area contributed by atoms with E-state index in [4.69, 9.17) is 23.2 Å². The van der Waals surface area contributed by atoms with Crippen LogP contribution in [-0.4, -0.2) is 55.6 Å². The largest absolute Gasteiger partial charge is 0.354 e. The van der Waals surface area contributed by atoms with Crippen molar-refractivity contribution in [2.24, 2.45) is 0 Å². The number of likely N-dealkylation sites (N-methyl/N-ethyl adjacent to an activating group) is 1. The van der Waals surface area contributed by atoms with Gasteiger partial charge in [-0.15, -0.1) is 0 Å². The summed E-state index contributed by atoms with van der Waals surface area (Å²) in [5, 5.41) is 3.90. The van der Waals surface area contributed by atoms with Gasteiger partial charge in [0.25, 0.3) is 0 Å². The lowest BCUT2D eigenvalue weighted by molar-refractivity contribution is -0.141. The first-order valence-electron chi connectivity index (χ1n) is 12.7. The van der Waals surface area contributed by atoms with Crippen LogP contribution in [0.1, 0.15) is 30.9 Å². The number of carbonyl (C=O) groups is 2. The van der Waals surface area contributed by atoms with Crippen molar-refractivity contribution in [1.82, 2.24) is 14.5 Å². The molecule has 0 saturated heterocycles. The second-order valence-electron chi connectivity index (χ2n) is 9.21. The number of unbranched alkanes of at least 4 members (excludes halogenated alkanes) is 1. The van der Waals surface area contributed by atoms with Gasteiger partial charge in [0.15, 0.2) is 0 Å². The molecule has 10 heteroatoms. The zero-order chi connectivity index (χ0) is 28.4. The fourth-order valence-corrected chi connectivity index (χ4v) is 5.37. The second kappa shape index (κ2) is 14.5. The molecule has 39 heavy (non-hydrogen) atoms. The van der Waals surface area contributed by atoms with Gasteiger partial charge in [-0.3, -0.25) is 9.59 Å². The van der Waals surface area contributed by atoms with E-state index in [0.717, 1.165) is 28.3 Å². The number of hydrogen-bond acceptors (Lipinski definition) is 4. The van der Waals surface area contributed by atoms with Crippen LogP contribution < -0.4 is 5.32 Å². The van der Waals surface area contributed by atoms with Gasteiger partial charge in [0.1, 0.15) is 6.04 Å². The molecular formula is C29H33Cl2N3O4S. The molecule has 0 saturated carbocycles. The summed E-state index contributed by atoms with van der Waals surface area (Å²) in [4.78, 5) is 28.8. The lowest BCUT2D eigenvalue weighted by atomic mass is 10.0. The van der Waals surface area contributed by atoms with E-state index in [-0.39, 0.29) is 23.8 Å². The fraction of sp³-hybridized carbons (Fsp3) is 0.310. The van der Waals surface area contributed by atoms with Crippen molar-refractivity contribution in [3.63, 3.8) is 0 Å². The molecule has 3 aromatic rings. The van der Waals surface area contributed by atoms with E-state index < -0.39 is 28.5 Å². The third-order valence-electron chi connectivity index (χ3n) is 6.25. The predicted molar refractivity (Wildman–Crippen MR) is 155 cm³/mol. The zero-order valence-corrected chi connectivity index (χ0v) is 24.3. The van der Waals surface area contributed by atoms with E-state index in [1.54, 1.807) is 24.3 Å². The Labute approximate surface area is 240 Å². The monoisotopic (exact) mass is 589 g/mol. The molecule has 0 fully saturated rings. The number of rotatable bonds is 13. The van der Waals surface area contributed by atoms with Crippen molar-refractivity contribution in [2.75, 3.05) is 20.1 Å². The van der Waals surface area contributed by atoms with E-state index in [2.05, 4.69) is 5.32 Å². The molecule has 208 valence electrons. The topological polar surface area (TPSA) is 86.8 Å². The summed E-state index contributed by atoms with van der Waals surface area (Å²) < 4.78 is 27.4. The summed E-state index contributed by atoms with van der Waals surface area (Å²) in [6.07, 6.45) is 1.98. The predicted octanol–water partition coefficient (Wildman–Crippen LogP) is 5.17. The van der Waals surface area contributed by atoms with Gasteiger partial charge in [-0.25, -0.2) is 8.42 Å². The Balaban J connectivity index is 1.94. The first-order valence-corrected chi connectivity index (χ1v) is 14.9. The average molecular weight is 591 g/mol. The number of halogens is 2. The minimum absolute atomic E-state index is 0.0181. The van der Waals surface area contributed by atoms with E-state index in [9.17, 15) is 18.0 Å². The SMILES string of the molecule is CCCCNC(=O)[C@@H](Cc1ccccc1)N(Cc1ccc(Cl)cc1)C(=O)CN(C)S(=O)(=O)c1ccc(Cl)cc1. The van der Waals surface area contributed by atoms with Crippen LogP contribution in [0.4, 0.5) is 0 Å². The van der Waals surface area contributed by atoms with Crippen LogP contribution in [0.25, 0.3) is 0 Å². The van der Waals surface area contributed by atoms with Crippen molar-refractivity contribution in [3.05, 3.63) is 100 Å². The number of nitrogens with zero attached hydrogens (tertiary/aromatic N) is 2. The third-order valence-corrected chi connectivity index (χ3v) is 8.57. The summed E-state index contributed by atoms with van der Waals surface area (Å²) in [6, 6.07) is 21.3. The Hall–Kier alpha value is -2.91. The van der Waals surface area contributed by atoms with Gasteiger partial charge in [0.2, 0.25) is 21.8 Å². The van der Waals surface area contributed by atoms with Gasteiger partial charge in [0.05, 0.1) is 11.4 Å². The molecule has 0 aromatic heterocycles. The molecular weight excluding hydrogens is 557 g/mol. The fourth-order valence-electron chi connectivity index (χ4n) is 4.00. The van der Waals surface area contributed by atoms with E-state index in [0.29, 0.717) is 16.6 Å². The van der Waals surface area contributed by atoms with Crippen molar-refractivity contribution in [2.45, 2.75) is 43.7 Å². The van der Waals surface area contributed by atoms with Crippen molar-refractivity contribution in [3.8, 4) is 0 Å². The van der Waals surface area contributed by atoms with Crippen LogP contribution in [0, 0.1) is 0 Å². The molecule has 0 radical (unpaired) electrons. The van der Waals surface area contributed by atoms with Crippen LogP contribution in [-0.2, 0) is 32.6 Å². The van der Waals surface area contributed by atoms with Gasteiger partial charge in [-0.1, -0.05) is 79.0 Å². The molecule has 7 nitrogen and oxygen atoms in total. The molecule has 0 aliphatic heterocycles. The molecule has 0 bridgehead atoms. The number of carbonyl (C=O) groups excluding carboxylic acids is 2. The molecule has 0 heterocycles. The van der Waals surface area contributed by atoms with Crippen LogP contribution >= 0.6 is 23.2 Å². The first kappa shape index (κ1) is 30.6. The molecule has 0 aliphatic rings. The van der Waals surface area contributed by atoms with Crippen LogP contribution in [0.2, 0.25) is 10.0 Å². The summed E-state index contributed by atoms with van der Waals surface area (Å²) in [5.41, 5.74) is 1.64. The Bertz CT molecular complexity index is 1340. The van der Waals surface area contributed by atoms with Crippen LogP contribution in [0.3, 0.4) is 0 Å². The van der Waals surface area contributed by atoms with Crippen LogP contribution in [0.5, 0.6) is 0 Å². The number of nitrogens with one attached hydrogen (secondary N) is 1. The molecule has 0 aliphatic carbocycles. The molecule has 3 rings (SSSR count). The second-order valence-corrected chi connectivity index (χ2v) is 12.1. The Morgan fingerprint density at radius 1 is 0.872 bits per heavy atom. The van der Waals surface area contributed by atoms with Crippen molar-refractivity contribution in [1.29, 1.82) is 0 Å². The smallest absolute Gasteiger partial charge is 0.243 e. The minimum atomic E-state index is -3.98. The summed E-state index contributed by atoms with van der Waals surface area (Å²) in [5.74, 6) is -0.797. The van der Waals surface area contributed by atoms with Gasteiger partial charge in [-0.2, -0.15) is 4.31 Å². The lowest BCUT2D eigenvalue weighted by Crippen LogP contribution is -2.53. The molecule has 1 N–H and O–H groups in total. The standard InChI is InChI=1S/C29H33Cl2N3O4S/c1-3-4-18-32-29(36)27(19-22-8-6-5-7-9-22)34(20-23-10-12-24(30)13-11-23)28(35)21-33(2)39(37,38)26-16-14-25(31)15-17-26/h5-17,27H,3-4,18-21H2,1-2H3,(H,32,36)/t27-/m1/s1. The van der Waals surface area contributed by atoms with Crippen LogP contribution in [0.15, 0.2) is 83.8 Å². The van der Waals surface area contributed by atoms with E-state index in [1.165, 1.54) is 36.2 Å². The maximum Gasteiger partial charge on any atom is 0.243 e. The number of sulfonamides is 1. The van der Waals surface area contributed by atoms with E-state index >= 15 is 0 Å². The highest BCUT2D eigenvalue weighted by molar-refractivity contribution is 7.89. The molecule has 0 unspecified atom stereocenters. The number of benzene rings is 3. The Morgan fingerprint density at radius 2 is 1.46 bits per heavy atom. The average Bonchev–Trinajstić information content (AvgIpc) is 2.92. The minimum Gasteiger partial charge on any atom is -0.354 e. The number of hydrogen-bond donors (Lipinski definition) is 1. The first-order chi connectivity index (χ1) is 18.6. The quantitative estimate of drug-likeness (QED) is 0.279. The molecule has 0 spiro atoms. The van der Waals surface area contributed by atoms with Crippen molar-refractivity contribution >= 4 is 45.0 Å². The summed E-state index contributed by atoms with van der Waals surface area (Å²) in [6.45, 7) is 2.16. The summed E-state index contributed by atoms with van der Waals surface area (Å²) >= 11 is 12.0. The van der Waals surface area contributed by atoms with Gasteiger partial charge >= 0.3 is 0 Å². The van der Waals surface area contributed by atoms with Gasteiger partial charge in [0, 0.05) is 36.6 Å². The van der Waals surface area contributed by atoms with Gasteiger partial charge in [-0.05, 0) is 53.9 Å². The molecule has 3 aromatic carbocycles. The highest BCUT2D eigenvalue weighted by Crippen LogP contribution is 2.20. The molecule has 2 amide bonds. The zero-order valence-electron chi connectivity index (χ0n) is 22.0. The highest BCUT2D eigenvalue weighted by Gasteiger charge is 2.33.